The number of fused-ring (bicyclic) bond motifs is 1. The molecular formula is C22H33N5O2. The van der Waals surface area contributed by atoms with Crippen LogP contribution in [-0.4, -0.2) is 42.0 Å². The third-order valence-electron chi connectivity index (χ3n) is 4.71. The van der Waals surface area contributed by atoms with Crippen molar-refractivity contribution in [2.75, 3.05) is 13.1 Å². The Labute approximate surface area is 172 Å². The highest BCUT2D eigenvalue weighted by Gasteiger charge is 2.24. The second-order valence-corrected chi connectivity index (χ2v) is 7.83. The molecule has 2 aromatic rings. The van der Waals surface area contributed by atoms with Gasteiger partial charge in [0.05, 0.1) is 11.6 Å². The van der Waals surface area contributed by atoms with Crippen molar-refractivity contribution in [3.05, 3.63) is 42.1 Å². The van der Waals surface area contributed by atoms with E-state index in [1.807, 2.05) is 44.2 Å². The molecule has 0 saturated carbocycles. The first-order chi connectivity index (χ1) is 13.9. The number of rotatable bonds is 11. The summed E-state index contributed by atoms with van der Waals surface area (Å²) in [6.45, 7) is 5.16. The van der Waals surface area contributed by atoms with Crippen LogP contribution in [-0.2, 0) is 16.0 Å². The molecule has 0 bridgehead atoms. The number of carbonyl (C=O) groups is 2. The van der Waals surface area contributed by atoms with Gasteiger partial charge in [0.15, 0.2) is 0 Å². The number of aromatic nitrogens is 1. The van der Waals surface area contributed by atoms with Gasteiger partial charge in [0, 0.05) is 24.5 Å². The molecule has 0 aliphatic carbocycles. The van der Waals surface area contributed by atoms with Gasteiger partial charge in [-0.1, -0.05) is 38.5 Å². The Hall–Kier alpha value is -2.51. The van der Waals surface area contributed by atoms with Gasteiger partial charge in [-0.05, 0) is 43.0 Å². The Bertz CT molecular complexity index is 809. The number of unbranched alkanes of at least 4 members (excludes halogenated alkanes) is 1. The summed E-state index contributed by atoms with van der Waals surface area (Å²) in [4.78, 5) is 29.7. The van der Waals surface area contributed by atoms with Gasteiger partial charge in [-0.15, -0.1) is 0 Å². The quantitative estimate of drug-likeness (QED) is 0.426. The fraction of sp³-hybridized carbons (Fsp3) is 0.500. The average Bonchev–Trinajstić information content (AvgIpc) is 2.71. The highest BCUT2D eigenvalue weighted by Crippen LogP contribution is 2.14. The van der Waals surface area contributed by atoms with Crippen LogP contribution in [0, 0.1) is 5.92 Å². The third-order valence-corrected chi connectivity index (χ3v) is 4.71. The Morgan fingerprint density at radius 2 is 1.90 bits per heavy atom. The first kappa shape index (κ1) is 22.8. The van der Waals surface area contributed by atoms with Crippen LogP contribution in [0.15, 0.2) is 36.5 Å². The van der Waals surface area contributed by atoms with E-state index < -0.39 is 12.1 Å². The van der Waals surface area contributed by atoms with Crippen molar-refractivity contribution >= 4 is 22.7 Å². The first-order valence-corrected chi connectivity index (χ1v) is 10.3. The van der Waals surface area contributed by atoms with E-state index in [0.29, 0.717) is 31.8 Å². The van der Waals surface area contributed by atoms with E-state index in [4.69, 9.17) is 11.5 Å². The van der Waals surface area contributed by atoms with Crippen LogP contribution >= 0.6 is 0 Å². The molecule has 0 aliphatic heterocycles. The Kier molecular flexibility index (Phi) is 9.02. The number of hydrogen-bond donors (Lipinski definition) is 4. The first-order valence-electron chi connectivity index (χ1n) is 10.3. The van der Waals surface area contributed by atoms with Crippen molar-refractivity contribution in [1.29, 1.82) is 0 Å². The number of hydrogen-bond acceptors (Lipinski definition) is 5. The van der Waals surface area contributed by atoms with Crippen LogP contribution in [0.3, 0.4) is 0 Å². The molecule has 1 aromatic heterocycles. The lowest BCUT2D eigenvalue weighted by Crippen LogP contribution is -2.53. The van der Waals surface area contributed by atoms with Gasteiger partial charge in [-0.3, -0.25) is 14.6 Å². The second kappa shape index (κ2) is 11.5. The number of nitrogens with one attached hydrogen (secondary N) is 2. The van der Waals surface area contributed by atoms with Gasteiger partial charge < -0.3 is 22.1 Å². The lowest BCUT2D eigenvalue weighted by molar-refractivity contribution is -0.129. The van der Waals surface area contributed by atoms with Gasteiger partial charge in [-0.2, -0.15) is 0 Å². The van der Waals surface area contributed by atoms with E-state index in [1.165, 1.54) is 0 Å². The monoisotopic (exact) mass is 399 g/mol. The SMILES string of the molecule is CC(C)CNC(=O)[C@@H](Cc1cnc2ccccc2c1)NC(=O)[C@H](N)CCCCN. The van der Waals surface area contributed by atoms with E-state index in [2.05, 4.69) is 15.6 Å². The molecule has 0 unspecified atom stereocenters. The molecule has 158 valence electrons. The predicted molar refractivity (Wildman–Crippen MR) is 116 cm³/mol. The minimum atomic E-state index is -0.704. The Morgan fingerprint density at radius 1 is 1.14 bits per heavy atom. The average molecular weight is 400 g/mol. The van der Waals surface area contributed by atoms with Gasteiger partial charge in [0.25, 0.3) is 0 Å². The molecule has 0 radical (unpaired) electrons. The molecule has 0 saturated heterocycles. The molecule has 2 atom stereocenters. The number of nitrogens with zero attached hydrogens (tertiary/aromatic N) is 1. The molecule has 29 heavy (non-hydrogen) atoms. The molecule has 7 heteroatoms. The molecule has 0 fully saturated rings. The van der Waals surface area contributed by atoms with E-state index in [9.17, 15) is 9.59 Å². The van der Waals surface area contributed by atoms with E-state index >= 15 is 0 Å². The summed E-state index contributed by atoms with van der Waals surface area (Å²) in [5, 5.41) is 6.73. The smallest absolute Gasteiger partial charge is 0.242 e. The lowest BCUT2D eigenvalue weighted by atomic mass is 10.0. The summed E-state index contributed by atoms with van der Waals surface area (Å²) < 4.78 is 0. The molecular weight excluding hydrogens is 366 g/mol. The minimum absolute atomic E-state index is 0.214. The van der Waals surface area contributed by atoms with Crippen LogP contribution in [0.4, 0.5) is 0 Å². The van der Waals surface area contributed by atoms with E-state index in [-0.39, 0.29) is 11.8 Å². The zero-order valence-electron chi connectivity index (χ0n) is 17.4. The normalized spacial score (nSPS) is 13.3. The fourth-order valence-electron chi connectivity index (χ4n) is 3.02. The van der Waals surface area contributed by atoms with Crippen LogP contribution < -0.4 is 22.1 Å². The lowest BCUT2D eigenvalue weighted by Gasteiger charge is -2.21. The summed E-state index contributed by atoms with van der Waals surface area (Å²) in [6, 6.07) is 8.44. The van der Waals surface area contributed by atoms with Crippen LogP contribution in [0.2, 0.25) is 0 Å². The standard InChI is InChI=1S/C22H33N5O2/c1-15(2)13-26-22(29)20(27-21(28)18(24)8-5-6-10-23)12-16-11-17-7-3-4-9-19(17)25-14-16/h3-4,7,9,11,14-15,18,20H,5-6,8,10,12-13,23-24H2,1-2H3,(H,26,29)(H,27,28)/t18-,20-/m1/s1. The molecule has 0 spiro atoms. The summed E-state index contributed by atoms with van der Waals surface area (Å²) in [6.07, 6.45) is 4.24. The van der Waals surface area contributed by atoms with Crippen molar-refractivity contribution in [2.45, 2.75) is 51.6 Å². The minimum Gasteiger partial charge on any atom is -0.354 e. The number of amides is 2. The third kappa shape index (κ3) is 7.44. The molecule has 1 aromatic carbocycles. The number of nitrogens with two attached hydrogens (primary N) is 2. The van der Waals surface area contributed by atoms with Crippen LogP contribution in [0.5, 0.6) is 0 Å². The Morgan fingerprint density at radius 3 is 2.62 bits per heavy atom. The van der Waals surface area contributed by atoms with Gasteiger partial charge in [0.2, 0.25) is 11.8 Å². The summed E-state index contributed by atoms with van der Waals surface area (Å²) >= 11 is 0. The van der Waals surface area contributed by atoms with Crippen molar-refractivity contribution in [1.82, 2.24) is 15.6 Å². The van der Waals surface area contributed by atoms with Crippen molar-refractivity contribution in [3.63, 3.8) is 0 Å². The van der Waals surface area contributed by atoms with Crippen molar-refractivity contribution in [3.8, 4) is 0 Å². The van der Waals surface area contributed by atoms with Crippen molar-refractivity contribution in [2.24, 2.45) is 17.4 Å². The molecule has 1 heterocycles. The summed E-state index contributed by atoms with van der Waals surface area (Å²) in [5.74, 6) is -0.217. The summed E-state index contributed by atoms with van der Waals surface area (Å²) in [5.41, 5.74) is 13.3. The van der Waals surface area contributed by atoms with Crippen LogP contribution in [0.25, 0.3) is 10.9 Å². The number of para-hydroxylation sites is 1. The van der Waals surface area contributed by atoms with Gasteiger partial charge >= 0.3 is 0 Å². The van der Waals surface area contributed by atoms with E-state index in [1.54, 1.807) is 6.20 Å². The molecule has 7 nitrogen and oxygen atoms in total. The maximum atomic E-state index is 12.7. The van der Waals surface area contributed by atoms with Crippen molar-refractivity contribution < 1.29 is 9.59 Å². The predicted octanol–water partition coefficient (Wildman–Crippen LogP) is 1.49. The molecule has 2 rings (SSSR count). The summed E-state index contributed by atoms with van der Waals surface area (Å²) in [7, 11) is 0. The maximum Gasteiger partial charge on any atom is 0.242 e. The second-order valence-electron chi connectivity index (χ2n) is 7.83. The van der Waals surface area contributed by atoms with Crippen LogP contribution in [0.1, 0.15) is 38.7 Å². The highest BCUT2D eigenvalue weighted by atomic mass is 16.2. The Balaban J connectivity index is 2.10. The topological polar surface area (TPSA) is 123 Å². The molecule has 2 amide bonds. The highest BCUT2D eigenvalue weighted by molar-refractivity contribution is 5.90. The number of benzene rings is 1. The molecule has 0 aliphatic rings. The largest absolute Gasteiger partial charge is 0.354 e. The van der Waals surface area contributed by atoms with Gasteiger partial charge in [0.1, 0.15) is 6.04 Å². The number of pyridine rings is 1. The fourth-order valence-corrected chi connectivity index (χ4v) is 3.02. The van der Waals surface area contributed by atoms with Gasteiger partial charge in [-0.25, -0.2) is 0 Å². The zero-order valence-corrected chi connectivity index (χ0v) is 17.4. The molecule has 6 N–H and O–H groups in total. The maximum absolute atomic E-state index is 12.7. The zero-order chi connectivity index (χ0) is 21.2. The number of carbonyl (C=O) groups excluding carboxylic acids is 2. The van der Waals surface area contributed by atoms with E-state index in [0.717, 1.165) is 29.3 Å².